The van der Waals surface area contributed by atoms with Crippen molar-refractivity contribution in [3.8, 4) is 0 Å². The van der Waals surface area contributed by atoms with E-state index in [1.807, 2.05) is 0 Å². The van der Waals surface area contributed by atoms with Gasteiger partial charge in [0.15, 0.2) is 5.69 Å². The first-order valence-electron chi connectivity index (χ1n) is 5.97. The van der Waals surface area contributed by atoms with Crippen LogP contribution in [0.3, 0.4) is 0 Å². The summed E-state index contributed by atoms with van der Waals surface area (Å²) in [6, 6.07) is 5.64. The van der Waals surface area contributed by atoms with E-state index in [-0.39, 0.29) is 31.7 Å². The Kier molecular flexibility index (Phi) is 3.88. The van der Waals surface area contributed by atoms with Crippen LogP contribution in [0.4, 0.5) is 17.1 Å². The Morgan fingerprint density at radius 1 is 1.17 bits per heavy atom. The van der Waals surface area contributed by atoms with Gasteiger partial charge in [0.05, 0.1) is 15.0 Å². The third kappa shape index (κ3) is 2.72. The zero-order valence-electron chi connectivity index (χ0n) is 10.9. The lowest BCUT2D eigenvalue weighted by molar-refractivity contribution is -0.782. The van der Waals surface area contributed by atoms with Gasteiger partial charge in [-0.15, -0.1) is 0 Å². The lowest BCUT2D eigenvalue weighted by atomic mass is 10.2. The van der Waals surface area contributed by atoms with Gasteiger partial charge in [-0.25, -0.2) is 0 Å². The summed E-state index contributed by atoms with van der Waals surface area (Å²) in [6.07, 6.45) is 0. The molecular weight excluding hydrogens is 371 g/mol. The van der Waals surface area contributed by atoms with E-state index in [1.165, 1.54) is 12.1 Å². The average Bonchev–Trinajstić information content (AvgIpc) is 2.84. The van der Waals surface area contributed by atoms with Gasteiger partial charge in [0.1, 0.15) is 5.02 Å². The minimum atomic E-state index is -0.689. The average molecular weight is 376 g/mol. The molecule has 3 aromatic rings. The fourth-order valence-corrected chi connectivity index (χ4v) is 2.55. The Labute approximate surface area is 142 Å². The van der Waals surface area contributed by atoms with Gasteiger partial charge >= 0.3 is 5.69 Å². The first-order chi connectivity index (χ1) is 10.9. The molecule has 0 bridgehead atoms. The van der Waals surface area contributed by atoms with Gasteiger partial charge in [-0.2, -0.15) is 0 Å². The second kappa shape index (κ2) is 5.73. The monoisotopic (exact) mass is 374 g/mol. The molecule has 1 aromatic heterocycles. The maximum atomic E-state index is 11.5. The van der Waals surface area contributed by atoms with Crippen molar-refractivity contribution in [1.82, 2.24) is 5.16 Å². The Morgan fingerprint density at radius 3 is 2.57 bits per heavy atom. The molecule has 8 nitrogen and oxygen atoms in total. The molecule has 0 fully saturated rings. The van der Waals surface area contributed by atoms with E-state index in [9.17, 15) is 15.3 Å². The number of nitrogens with zero attached hydrogens (tertiary/aromatic N) is 3. The maximum Gasteiger partial charge on any atom is 0.316 e. The van der Waals surface area contributed by atoms with Crippen LogP contribution in [0.25, 0.3) is 11.0 Å². The molecule has 0 amide bonds. The van der Waals surface area contributed by atoms with Crippen LogP contribution in [0.15, 0.2) is 28.9 Å². The predicted octanol–water partition coefficient (Wildman–Crippen LogP) is 4.07. The van der Waals surface area contributed by atoms with E-state index in [4.69, 9.17) is 34.8 Å². The Hall–Kier alpha value is -2.29. The van der Waals surface area contributed by atoms with Gasteiger partial charge in [0, 0.05) is 16.9 Å². The third-order valence-corrected chi connectivity index (χ3v) is 4.01. The summed E-state index contributed by atoms with van der Waals surface area (Å²) in [7, 11) is 0. The highest BCUT2D eigenvalue weighted by Crippen LogP contribution is 2.40. The highest BCUT2D eigenvalue weighted by molar-refractivity contribution is 6.42. The van der Waals surface area contributed by atoms with Crippen molar-refractivity contribution < 1.29 is 14.5 Å². The van der Waals surface area contributed by atoms with Crippen LogP contribution in [0.2, 0.25) is 15.1 Å². The van der Waals surface area contributed by atoms with Crippen LogP contribution in [-0.4, -0.2) is 10.1 Å². The van der Waals surface area contributed by atoms with E-state index < -0.39 is 10.6 Å². The summed E-state index contributed by atoms with van der Waals surface area (Å²) in [5.41, 5.74) is -0.231. The number of nitro groups is 1. The smallest absolute Gasteiger partial charge is 0.316 e. The largest absolute Gasteiger partial charge is 0.359 e. The lowest BCUT2D eigenvalue weighted by Gasteiger charge is -2.08. The van der Waals surface area contributed by atoms with Crippen LogP contribution < -0.4 is 10.2 Å². The van der Waals surface area contributed by atoms with E-state index in [1.54, 1.807) is 6.07 Å². The summed E-state index contributed by atoms with van der Waals surface area (Å²) < 4.78 is 4.47. The predicted molar refractivity (Wildman–Crippen MR) is 84.4 cm³/mol. The molecule has 0 aliphatic carbocycles. The molecule has 118 valence electrons. The first kappa shape index (κ1) is 15.6. The fourth-order valence-electron chi connectivity index (χ4n) is 1.98. The number of benzene rings is 2. The number of hydrogen-bond acceptors (Lipinski definition) is 6. The minimum absolute atomic E-state index is 0.0397. The standard InChI is InChI=1S/C12H5Cl3N4O4/c13-6-2-1-5(3-7(6)14)16-11-10-9(19(22)23-17-10)4-8(15)12(11)18(20)21/h1-4,16H. The molecule has 0 saturated heterocycles. The summed E-state index contributed by atoms with van der Waals surface area (Å²) in [4.78, 5) is 10.7. The first-order valence-corrected chi connectivity index (χ1v) is 7.10. The molecule has 0 aliphatic rings. The number of rotatable bonds is 3. The summed E-state index contributed by atoms with van der Waals surface area (Å²) in [5.74, 6) is 0. The Bertz CT molecular complexity index is 944. The molecule has 0 radical (unpaired) electrons. The molecule has 0 unspecified atom stereocenters. The summed E-state index contributed by atoms with van der Waals surface area (Å²) >= 11 is 17.6. The van der Waals surface area contributed by atoms with Crippen molar-refractivity contribution in [2.75, 3.05) is 5.32 Å². The van der Waals surface area contributed by atoms with Crippen LogP contribution in [0.5, 0.6) is 0 Å². The summed E-state index contributed by atoms with van der Waals surface area (Å²) in [5, 5.41) is 29.4. The second-order valence-electron chi connectivity index (χ2n) is 4.39. The zero-order valence-corrected chi connectivity index (χ0v) is 13.2. The van der Waals surface area contributed by atoms with Crippen LogP contribution in [0.1, 0.15) is 0 Å². The van der Waals surface area contributed by atoms with Crippen molar-refractivity contribution >= 4 is 62.9 Å². The number of aromatic nitrogens is 2. The molecule has 0 saturated carbocycles. The number of halogens is 3. The topological polar surface area (TPSA) is 108 Å². The van der Waals surface area contributed by atoms with Crippen LogP contribution >= 0.6 is 34.8 Å². The highest BCUT2D eigenvalue weighted by Gasteiger charge is 2.29. The molecule has 1 N–H and O–H groups in total. The number of anilines is 2. The highest BCUT2D eigenvalue weighted by atomic mass is 35.5. The van der Waals surface area contributed by atoms with E-state index in [0.717, 1.165) is 6.07 Å². The number of hydrogen-bond donors (Lipinski definition) is 1. The van der Waals surface area contributed by atoms with Gasteiger partial charge < -0.3 is 10.5 Å². The third-order valence-electron chi connectivity index (χ3n) is 2.98. The number of nitrogens with one attached hydrogen (secondary N) is 1. The summed E-state index contributed by atoms with van der Waals surface area (Å²) in [6.45, 7) is 0. The van der Waals surface area contributed by atoms with E-state index in [2.05, 4.69) is 15.1 Å². The van der Waals surface area contributed by atoms with Gasteiger partial charge in [-0.05, 0) is 23.1 Å². The van der Waals surface area contributed by atoms with Gasteiger partial charge in [-0.3, -0.25) is 14.7 Å². The quantitative estimate of drug-likeness (QED) is 0.420. The van der Waals surface area contributed by atoms with Gasteiger partial charge in [0.25, 0.3) is 5.52 Å². The maximum absolute atomic E-state index is 11.5. The van der Waals surface area contributed by atoms with Crippen molar-refractivity contribution in [3.05, 3.63) is 54.7 Å². The second-order valence-corrected chi connectivity index (χ2v) is 5.61. The fraction of sp³-hybridized carbons (Fsp3) is 0. The van der Waals surface area contributed by atoms with Crippen molar-refractivity contribution in [3.63, 3.8) is 0 Å². The van der Waals surface area contributed by atoms with Crippen molar-refractivity contribution in [2.24, 2.45) is 0 Å². The van der Waals surface area contributed by atoms with Crippen molar-refractivity contribution in [1.29, 1.82) is 0 Å². The molecular formula is C12H5Cl3N4O4. The number of fused-ring (bicyclic) bond motifs is 1. The van der Waals surface area contributed by atoms with Gasteiger partial charge in [0.2, 0.25) is 5.52 Å². The molecule has 3 rings (SSSR count). The van der Waals surface area contributed by atoms with Crippen LogP contribution in [-0.2, 0) is 0 Å². The molecule has 1 heterocycles. The normalized spacial score (nSPS) is 10.9. The number of nitro benzene ring substituents is 1. The SMILES string of the molecule is O=[N+]([O-])c1c(Cl)cc2c(no[n+]2[O-])c1Nc1ccc(Cl)c(Cl)c1. The van der Waals surface area contributed by atoms with Crippen molar-refractivity contribution in [2.45, 2.75) is 0 Å². The molecule has 23 heavy (non-hydrogen) atoms. The Morgan fingerprint density at radius 2 is 1.91 bits per heavy atom. The molecule has 0 aliphatic heterocycles. The van der Waals surface area contributed by atoms with Crippen LogP contribution in [0, 0.1) is 15.3 Å². The molecule has 0 atom stereocenters. The van der Waals surface area contributed by atoms with E-state index >= 15 is 0 Å². The minimum Gasteiger partial charge on any atom is -0.359 e. The van der Waals surface area contributed by atoms with Gasteiger partial charge in [-0.1, -0.05) is 34.8 Å². The molecule has 2 aromatic carbocycles. The molecule has 0 spiro atoms. The zero-order chi connectivity index (χ0) is 16.7. The van der Waals surface area contributed by atoms with E-state index in [0.29, 0.717) is 10.7 Å². The lowest BCUT2D eigenvalue weighted by Crippen LogP contribution is -2.22. The molecule has 11 heteroatoms. The Balaban J connectivity index is 2.23.